The molecule has 0 saturated heterocycles. The van der Waals surface area contributed by atoms with Gasteiger partial charge in [0.1, 0.15) is 5.82 Å². The second kappa shape index (κ2) is 8.10. The number of carbonyl (C=O) groups is 1. The molecule has 5 N–H and O–H groups in total. The van der Waals surface area contributed by atoms with Crippen LogP contribution in [0.4, 0.5) is 11.6 Å². The smallest absolute Gasteiger partial charge is 0.265 e. The number of fused-ring (bicyclic) bond motifs is 1. The van der Waals surface area contributed by atoms with Crippen molar-refractivity contribution in [3.8, 4) is 22.5 Å². The molecule has 0 fully saturated rings. The van der Waals surface area contributed by atoms with Crippen molar-refractivity contribution in [3.63, 3.8) is 0 Å². The van der Waals surface area contributed by atoms with Crippen LogP contribution < -0.4 is 16.2 Å². The van der Waals surface area contributed by atoms with Crippen LogP contribution in [0.25, 0.3) is 33.5 Å². The third kappa shape index (κ3) is 4.55. The third-order valence-corrected chi connectivity index (χ3v) is 5.69. The molecule has 176 valence electrons. The molecule has 0 atom stereocenters. The van der Waals surface area contributed by atoms with E-state index in [1.807, 2.05) is 48.3 Å². The fraction of sp³-hybridized carbons (Fsp3) is 0.217. The Morgan fingerprint density at radius 3 is 2.29 bits per heavy atom. The molecule has 1 amide bonds. The van der Waals surface area contributed by atoms with E-state index >= 15 is 0 Å². The Hall–Kier alpha value is -3.99. The number of anilines is 2. The molecule has 0 unspecified atom stereocenters. The summed E-state index contributed by atoms with van der Waals surface area (Å²) in [6.45, 7) is 6.05. The number of nitrogens with zero attached hydrogens (tertiary/aromatic N) is 4. The maximum Gasteiger partial charge on any atom is 0.265 e. The third-order valence-electron chi connectivity index (χ3n) is 5.14. The van der Waals surface area contributed by atoms with Gasteiger partial charge in [0.15, 0.2) is 0 Å². The quantitative estimate of drug-likeness (QED) is 0.377. The van der Waals surface area contributed by atoms with Crippen molar-refractivity contribution >= 4 is 38.6 Å². The SMILES string of the molecule is CC(C)(C)n1c(-c2cc(N)ccc2C(=O)NS(C)(=O)=O)nc2cc(-c3cnc(N)nc3)ccc21. The van der Waals surface area contributed by atoms with E-state index in [-0.39, 0.29) is 11.5 Å². The molecule has 2 aromatic heterocycles. The summed E-state index contributed by atoms with van der Waals surface area (Å²) >= 11 is 0. The monoisotopic (exact) mass is 479 g/mol. The minimum atomic E-state index is -3.76. The fourth-order valence-electron chi connectivity index (χ4n) is 3.77. The van der Waals surface area contributed by atoms with E-state index < -0.39 is 21.5 Å². The normalized spacial score (nSPS) is 12.1. The van der Waals surface area contributed by atoms with Crippen LogP contribution in [0, 0.1) is 0 Å². The number of hydrogen-bond donors (Lipinski definition) is 3. The van der Waals surface area contributed by atoms with Gasteiger partial charge < -0.3 is 16.0 Å². The molecule has 4 aromatic rings. The zero-order valence-corrected chi connectivity index (χ0v) is 20.0. The van der Waals surface area contributed by atoms with E-state index in [1.54, 1.807) is 24.5 Å². The minimum Gasteiger partial charge on any atom is -0.399 e. The number of benzene rings is 2. The number of rotatable bonds is 4. The summed E-state index contributed by atoms with van der Waals surface area (Å²) < 4.78 is 27.4. The molecule has 0 aliphatic carbocycles. The van der Waals surface area contributed by atoms with Crippen LogP contribution in [0.5, 0.6) is 0 Å². The number of sulfonamides is 1. The van der Waals surface area contributed by atoms with E-state index in [4.69, 9.17) is 16.5 Å². The highest BCUT2D eigenvalue weighted by Crippen LogP contribution is 2.35. The van der Waals surface area contributed by atoms with E-state index in [2.05, 4.69) is 9.97 Å². The van der Waals surface area contributed by atoms with Crippen molar-refractivity contribution in [3.05, 3.63) is 54.4 Å². The zero-order chi connectivity index (χ0) is 24.8. The van der Waals surface area contributed by atoms with Gasteiger partial charge in [-0.3, -0.25) is 4.79 Å². The first-order chi connectivity index (χ1) is 15.8. The van der Waals surface area contributed by atoms with Crippen molar-refractivity contribution in [2.24, 2.45) is 0 Å². The van der Waals surface area contributed by atoms with Crippen LogP contribution in [0.2, 0.25) is 0 Å². The van der Waals surface area contributed by atoms with Crippen LogP contribution in [0.15, 0.2) is 48.8 Å². The fourth-order valence-corrected chi connectivity index (χ4v) is 4.22. The van der Waals surface area contributed by atoms with Crippen LogP contribution in [0.1, 0.15) is 31.1 Å². The molecule has 0 aliphatic heterocycles. The van der Waals surface area contributed by atoms with Gasteiger partial charge in [0.25, 0.3) is 5.91 Å². The Labute approximate surface area is 197 Å². The lowest BCUT2D eigenvalue weighted by molar-refractivity contribution is 0.0982. The largest absolute Gasteiger partial charge is 0.399 e. The molecular formula is C23H25N7O3S. The molecule has 0 aliphatic rings. The summed E-state index contributed by atoms with van der Waals surface area (Å²) in [5.74, 6) is -0.0884. The first kappa shape index (κ1) is 23.2. The van der Waals surface area contributed by atoms with Gasteiger partial charge in [0.2, 0.25) is 16.0 Å². The number of nitrogens with two attached hydrogens (primary N) is 2. The highest BCUT2D eigenvalue weighted by molar-refractivity contribution is 7.89. The summed E-state index contributed by atoms with van der Waals surface area (Å²) in [5, 5.41) is 0. The Morgan fingerprint density at radius 1 is 1.00 bits per heavy atom. The molecule has 10 nitrogen and oxygen atoms in total. The lowest BCUT2D eigenvalue weighted by atomic mass is 10.0. The molecule has 11 heteroatoms. The molecule has 34 heavy (non-hydrogen) atoms. The van der Waals surface area contributed by atoms with Crippen LogP contribution in [-0.2, 0) is 15.6 Å². The average Bonchev–Trinajstić information content (AvgIpc) is 3.12. The van der Waals surface area contributed by atoms with Gasteiger partial charge >= 0.3 is 0 Å². The zero-order valence-electron chi connectivity index (χ0n) is 19.2. The average molecular weight is 480 g/mol. The van der Waals surface area contributed by atoms with Crippen molar-refractivity contribution in [1.82, 2.24) is 24.2 Å². The van der Waals surface area contributed by atoms with Gasteiger partial charge in [-0.2, -0.15) is 0 Å². The second-order valence-corrected chi connectivity index (χ2v) is 10.7. The van der Waals surface area contributed by atoms with Crippen LogP contribution >= 0.6 is 0 Å². The summed E-state index contributed by atoms with van der Waals surface area (Å²) in [7, 11) is -3.76. The first-order valence-corrected chi connectivity index (χ1v) is 12.3. The Balaban J connectivity index is 1.96. The Bertz CT molecular complexity index is 1520. The van der Waals surface area contributed by atoms with Gasteiger partial charge in [-0.15, -0.1) is 0 Å². The number of imidazole rings is 1. The summed E-state index contributed by atoms with van der Waals surface area (Å²) in [5.41, 5.74) is 15.3. The highest BCUT2D eigenvalue weighted by Gasteiger charge is 2.26. The lowest BCUT2D eigenvalue weighted by Gasteiger charge is -2.25. The van der Waals surface area contributed by atoms with Crippen molar-refractivity contribution in [1.29, 1.82) is 0 Å². The van der Waals surface area contributed by atoms with Gasteiger partial charge in [-0.1, -0.05) is 6.07 Å². The Kier molecular flexibility index (Phi) is 5.52. The number of amides is 1. The predicted molar refractivity (Wildman–Crippen MR) is 132 cm³/mol. The Morgan fingerprint density at radius 2 is 1.68 bits per heavy atom. The molecule has 4 rings (SSSR count). The standard InChI is InChI=1S/C23H25N7O3S/c1-23(2,3)30-19-8-5-13(14-11-26-22(25)27-12-14)9-18(19)28-20(30)17-10-15(24)6-7-16(17)21(31)29-34(4,32)33/h5-12H,24H2,1-4H3,(H,29,31)(H2,25,26,27). The number of aromatic nitrogens is 4. The maximum atomic E-state index is 12.8. The molecule has 0 bridgehead atoms. The molecule has 0 radical (unpaired) electrons. The second-order valence-electron chi connectivity index (χ2n) is 8.98. The van der Waals surface area contributed by atoms with Crippen molar-refractivity contribution in [2.45, 2.75) is 26.3 Å². The highest BCUT2D eigenvalue weighted by atomic mass is 32.2. The predicted octanol–water partition coefficient (Wildman–Crippen LogP) is 2.77. The first-order valence-electron chi connectivity index (χ1n) is 10.4. The van der Waals surface area contributed by atoms with Crippen molar-refractivity contribution in [2.75, 3.05) is 17.7 Å². The van der Waals surface area contributed by atoms with Crippen molar-refractivity contribution < 1.29 is 13.2 Å². The minimum absolute atomic E-state index is 0.146. The van der Waals surface area contributed by atoms with Crippen LogP contribution in [-0.4, -0.2) is 40.1 Å². The molecule has 0 spiro atoms. The topological polar surface area (TPSA) is 159 Å². The van der Waals surface area contributed by atoms with E-state index in [1.165, 1.54) is 6.07 Å². The number of nitrogen functional groups attached to an aromatic ring is 2. The van der Waals surface area contributed by atoms with Gasteiger partial charge in [0, 0.05) is 34.7 Å². The number of hydrogen-bond acceptors (Lipinski definition) is 8. The van der Waals surface area contributed by atoms with Gasteiger partial charge in [0.05, 0.1) is 22.9 Å². The van der Waals surface area contributed by atoms with E-state index in [0.717, 1.165) is 22.9 Å². The molecular weight excluding hydrogens is 454 g/mol. The number of carbonyl (C=O) groups excluding carboxylic acids is 1. The van der Waals surface area contributed by atoms with E-state index in [0.29, 0.717) is 22.6 Å². The molecule has 0 saturated carbocycles. The van der Waals surface area contributed by atoms with Crippen LogP contribution in [0.3, 0.4) is 0 Å². The summed E-state index contributed by atoms with van der Waals surface area (Å²) in [6.07, 6.45) is 4.20. The molecule has 2 aromatic carbocycles. The lowest BCUT2D eigenvalue weighted by Crippen LogP contribution is -2.30. The van der Waals surface area contributed by atoms with Gasteiger partial charge in [-0.25, -0.2) is 28.1 Å². The summed E-state index contributed by atoms with van der Waals surface area (Å²) in [6, 6.07) is 10.4. The maximum absolute atomic E-state index is 12.8. The number of nitrogens with one attached hydrogen (secondary N) is 1. The van der Waals surface area contributed by atoms with E-state index in [9.17, 15) is 13.2 Å². The molecule has 2 heterocycles. The van der Waals surface area contributed by atoms with Gasteiger partial charge in [-0.05, 0) is 56.7 Å². The summed E-state index contributed by atoms with van der Waals surface area (Å²) in [4.78, 5) is 25.8.